The van der Waals surface area contributed by atoms with Crippen LogP contribution in [0.3, 0.4) is 0 Å². The van der Waals surface area contributed by atoms with Gasteiger partial charge in [-0.3, -0.25) is 4.79 Å². The summed E-state index contributed by atoms with van der Waals surface area (Å²) in [6, 6.07) is 0. The zero-order valence-electron chi connectivity index (χ0n) is 7.76. The highest BCUT2D eigenvalue weighted by molar-refractivity contribution is 5.92. The van der Waals surface area contributed by atoms with E-state index in [0.29, 0.717) is 5.41 Å². The smallest absolute Gasteiger partial charge is 0.298 e. The summed E-state index contributed by atoms with van der Waals surface area (Å²) in [5.41, 5.74) is 0.380. The molecule has 0 aromatic rings. The molecule has 1 aliphatic heterocycles. The van der Waals surface area contributed by atoms with Crippen LogP contribution >= 0.6 is 0 Å². The molecule has 0 saturated carbocycles. The minimum atomic E-state index is -0.162. The number of likely N-dealkylation sites (tertiary alicyclic amines) is 1. The summed E-state index contributed by atoms with van der Waals surface area (Å²) < 4.78 is 0. The van der Waals surface area contributed by atoms with Gasteiger partial charge in [0.25, 0.3) is 5.91 Å². The van der Waals surface area contributed by atoms with Crippen molar-refractivity contribution in [3.8, 4) is 12.3 Å². The van der Waals surface area contributed by atoms with E-state index in [-0.39, 0.29) is 5.91 Å². The van der Waals surface area contributed by atoms with E-state index < -0.39 is 0 Å². The standard InChI is InChI=1S/C10H15NO/c1-4-9(12)11-7-5-10(2,3)6-8-11/h1H,5-8H2,2-3H3. The third-order valence-electron chi connectivity index (χ3n) is 2.53. The van der Waals surface area contributed by atoms with Crippen molar-refractivity contribution >= 4 is 5.91 Å². The zero-order chi connectivity index (χ0) is 9.19. The molecule has 1 heterocycles. The molecule has 0 N–H and O–H groups in total. The van der Waals surface area contributed by atoms with Crippen molar-refractivity contribution in [3.05, 3.63) is 0 Å². The van der Waals surface area contributed by atoms with Crippen molar-refractivity contribution in [2.75, 3.05) is 13.1 Å². The minimum Gasteiger partial charge on any atom is -0.332 e. The van der Waals surface area contributed by atoms with Gasteiger partial charge in [0, 0.05) is 13.1 Å². The summed E-state index contributed by atoms with van der Waals surface area (Å²) in [4.78, 5) is 12.8. The van der Waals surface area contributed by atoms with E-state index in [0.717, 1.165) is 25.9 Å². The predicted molar refractivity (Wildman–Crippen MR) is 48.4 cm³/mol. The quantitative estimate of drug-likeness (QED) is 0.495. The summed E-state index contributed by atoms with van der Waals surface area (Å²) in [6.45, 7) is 6.08. The molecule has 1 amide bonds. The summed E-state index contributed by atoms with van der Waals surface area (Å²) >= 11 is 0. The van der Waals surface area contributed by atoms with Gasteiger partial charge in [-0.15, -0.1) is 6.42 Å². The average molecular weight is 165 g/mol. The van der Waals surface area contributed by atoms with Crippen molar-refractivity contribution in [3.63, 3.8) is 0 Å². The number of rotatable bonds is 0. The monoisotopic (exact) mass is 165 g/mol. The number of nitrogens with zero attached hydrogens (tertiary/aromatic N) is 1. The fourth-order valence-corrected chi connectivity index (χ4v) is 1.41. The molecule has 1 aliphatic rings. The van der Waals surface area contributed by atoms with Crippen LogP contribution in [-0.4, -0.2) is 23.9 Å². The molecule has 0 bridgehead atoms. The van der Waals surface area contributed by atoms with Crippen molar-refractivity contribution in [2.24, 2.45) is 5.41 Å². The second-order valence-corrected chi connectivity index (χ2v) is 4.10. The number of carbonyl (C=O) groups is 1. The summed E-state index contributed by atoms with van der Waals surface area (Å²) in [5.74, 6) is 1.99. The van der Waals surface area contributed by atoms with Crippen LogP contribution in [0.5, 0.6) is 0 Å². The van der Waals surface area contributed by atoms with E-state index in [1.165, 1.54) is 0 Å². The Morgan fingerprint density at radius 2 is 1.92 bits per heavy atom. The number of terminal acetylenes is 1. The van der Waals surface area contributed by atoms with Gasteiger partial charge in [-0.05, 0) is 24.2 Å². The predicted octanol–water partition coefficient (Wildman–Crippen LogP) is 1.27. The van der Waals surface area contributed by atoms with Crippen LogP contribution in [0.2, 0.25) is 0 Å². The lowest BCUT2D eigenvalue weighted by atomic mass is 9.83. The Bertz CT molecular complexity index is 214. The molecule has 0 atom stereocenters. The average Bonchev–Trinajstić information content (AvgIpc) is 2.03. The van der Waals surface area contributed by atoms with Crippen molar-refractivity contribution in [1.29, 1.82) is 0 Å². The Morgan fingerprint density at radius 3 is 2.33 bits per heavy atom. The second kappa shape index (κ2) is 3.18. The van der Waals surface area contributed by atoms with Crippen LogP contribution in [0.15, 0.2) is 0 Å². The van der Waals surface area contributed by atoms with Crippen LogP contribution in [0.25, 0.3) is 0 Å². The van der Waals surface area contributed by atoms with Gasteiger partial charge in [0.05, 0.1) is 0 Å². The summed E-state index contributed by atoms with van der Waals surface area (Å²) in [5, 5.41) is 0. The molecule has 1 saturated heterocycles. The van der Waals surface area contributed by atoms with Gasteiger partial charge in [0.15, 0.2) is 0 Å². The maximum atomic E-state index is 11.1. The first-order valence-corrected chi connectivity index (χ1v) is 4.31. The molecular weight excluding hydrogens is 150 g/mol. The molecule has 2 heteroatoms. The Kier molecular flexibility index (Phi) is 2.42. The van der Waals surface area contributed by atoms with E-state index in [4.69, 9.17) is 6.42 Å². The van der Waals surface area contributed by atoms with Gasteiger partial charge in [0.2, 0.25) is 0 Å². The van der Waals surface area contributed by atoms with E-state index in [1.54, 1.807) is 4.90 Å². The fraction of sp³-hybridized carbons (Fsp3) is 0.700. The molecule has 0 aliphatic carbocycles. The molecule has 1 fully saturated rings. The van der Waals surface area contributed by atoms with Gasteiger partial charge < -0.3 is 4.90 Å². The van der Waals surface area contributed by atoms with E-state index >= 15 is 0 Å². The normalized spacial score (nSPS) is 21.6. The SMILES string of the molecule is C#CC(=O)N1CCC(C)(C)CC1. The van der Waals surface area contributed by atoms with E-state index in [9.17, 15) is 4.79 Å². The molecule has 2 nitrogen and oxygen atoms in total. The van der Waals surface area contributed by atoms with Gasteiger partial charge in [-0.1, -0.05) is 13.8 Å². The number of hydrogen-bond acceptors (Lipinski definition) is 1. The zero-order valence-corrected chi connectivity index (χ0v) is 7.76. The number of carbonyl (C=O) groups excluding carboxylic acids is 1. The van der Waals surface area contributed by atoms with Crippen LogP contribution in [-0.2, 0) is 4.79 Å². The first kappa shape index (κ1) is 9.12. The van der Waals surface area contributed by atoms with Gasteiger partial charge in [0.1, 0.15) is 0 Å². The number of hydrogen-bond donors (Lipinski definition) is 0. The Morgan fingerprint density at radius 1 is 1.42 bits per heavy atom. The van der Waals surface area contributed by atoms with Crippen molar-refractivity contribution < 1.29 is 4.79 Å². The lowest BCUT2D eigenvalue weighted by Crippen LogP contribution is -2.40. The third-order valence-corrected chi connectivity index (χ3v) is 2.53. The highest BCUT2D eigenvalue weighted by Gasteiger charge is 2.26. The van der Waals surface area contributed by atoms with Gasteiger partial charge in [-0.2, -0.15) is 0 Å². The van der Waals surface area contributed by atoms with Crippen LogP contribution in [0.4, 0.5) is 0 Å². The van der Waals surface area contributed by atoms with Crippen LogP contribution in [0.1, 0.15) is 26.7 Å². The topological polar surface area (TPSA) is 20.3 Å². The van der Waals surface area contributed by atoms with Crippen molar-refractivity contribution in [2.45, 2.75) is 26.7 Å². The highest BCUT2D eigenvalue weighted by Crippen LogP contribution is 2.29. The van der Waals surface area contributed by atoms with Gasteiger partial charge >= 0.3 is 0 Å². The second-order valence-electron chi connectivity index (χ2n) is 4.10. The molecule has 66 valence electrons. The number of piperidine rings is 1. The Hall–Kier alpha value is -0.970. The molecule has 0 radical (unpaired) electrons. The van der Waals surface area contributed by atoms with E-state index in [2.05, 4.69) is 19.8 Å². The lowest BCUT2D eigenvalue weighted by molar-refractivity contribution is -0.127. The first-order valence-electron chi connectivity index (χ1n) is 4.31. The highest BCUT2D eigenvalue weighted by atomic mass is 16.2. The molecule has 12 heavy (non-hydrogen) atoms. The summed E-state index contributed by atoms with van der Waals surface area (Å²) in [6.07, 6.45) is 7.14. The molecular formula is C10H15NO. The number of amides is 1. The molecule has 0 spiro atoms. The lowest BCUT2D eigenvalue weighted by Gasteiger charge is -2.35. The summed E-state index contributed by atoms with van der Waals surface area (Å²) in [7, 11) is 0. The maximum absolute atomic E-state index is 11.1. The van der Waals surface area contributed by atoms with Crippen molar-refractivity contribution in [1.82, 2.24) is 4.90 Å². The van der Waals surface area contributed by atoms with E-state index in [1.807, 2.05) is 0 Å². The first-order chi connectivity index (χ1) is 5.55. The Balaban J connectivity index is 2.48. The molecule has 1 rings (SSSR count). The van der Waals surface area contributed by atoms with Crippen LogP contribution < -0.4 is 0 Å². The molecule has 0 aromatic carbocycles. The maximum Gasteiger partial charge on any atom is 0.298 e. The molecule has 0 unspecified atom stereocenters. The third kappa shape index (κ3) is 2.01. The van der Waals surface area contributed by atoms with Gasteiger partial charge in [-0.25, -0.2) is 0 Å². The Labute approximate surface area is 73.9 Å². The van der Waals surface area contributed by atoms with Crippen LogP contribution in [0, 0.1) is 17.8 Å². The largest absolute Gasteiger partial charge is 0.332 e. The fourth-order valence-electron chi connectivity index (χ4n) is 1.41. The molecule has 0 aromatic heterocycles. The minimum absolute atomic E-state index is 0.162.